The molecule has 0 atom stereocenters. The average Bonchev–Trinajstić information content (AvgIpc) is 3.34. The summed E-state index contributed by atoms with van der Waals surface area (Å²) in [6, 6.07) is 9.29. The van der Waals surface area contributed by atoms with Crippen molar-refractivity contribution >= 4 is 11.6 Å². The van der Waals surface area contributed by atoms with Gasteiger partial charge >= 0.3 is 0 Å². The fraction of sp³-hybridized carbons (Fsp3) is 0.278. The van der Waals surface area contributed by atoms with E-state index in [0.29, 0.717) is 11.3 Å². The van der Waals surface area contributed by atoms with Crippen molar-refractivity contribution in [3.8, 4) is 0 Å². The fourth-order valence-electron chi connectivity index (χ4n) is 2.57. The van der Waals surface area contributed by atoms with Gasteiger partial charge in [-0.25, -0.2) is 13.2 Å². The van der Waals surface area contributed by atoms with E-state index in [1.807, 2.05) is 4.90 Å². The Balaban J connectivity index is 1.64. The second-order valence-corrected chi connectivity index (χ2v) is 5.93. The van der Waals surface area contributed by atoms with Crippen molar-refractivity contribution in [1.29, 1.82) is 0 Å². The Morgan fingerprint density at radius 1 is 1.08 bits per heavy atom. The number of hydrogen-bond acceptors (Lipinski definition) is 2. The van der Waals surface area contributed by atoms with Gasteiger partial charge in [0.25, 0.3) is 0 Å². The molecule has 3 rings (SSSR count). The summed E-state index contributed by atoms with van der Waals surface area (Å²) in [7, 11) is 0. The third-order valence-electron chi connectivity index (χ3n) is 3.91. The zero-order valence-electron chi connectivity index (χ0n) is 12.9. The lowest BCUT2D eigenvalue weighted by Gasteiger charge is -2.21. The van der Waals surface area contributed by atoms with E-state index in [1.165, 1.54) is 30.3 Å². The Bertz CT molecular complexity index is 747. The van der Waals surface area contributed by atoms with Crippen molar-refractivity contribution < 1.29 is 18.0 Å². The predicted octanol–water partition coefficient (Wildman–Crippen LogP) is 3.71. The number of amides is 1. The fourth-order valence-corrected chi connectivity index (χ4v) is 2.57. The zero-order valence-corrected chi connectivity index (χ0v) is 12.9. The molecule has 6 heteroatoms. The van der Waals surface area contributed by atoms with Crippen LogP contribution < -0.4 is 5.32 Å². The number of hydrogen-bond donors (Lipinski definition) is 1. The third-order valence-corrected chi connectivity index (χ3v) is 3.91. The lowest BCUT2D eigenvalue weighted by atomic mass is 10.2. The van der Waals surface area contributed by atoms with Gasteiger partial charge in [-0.3, -0.25) is 9.69 Å². The highest BCUT2D eigenvalue weighted by Gasteiger charge is 2.30. The summed E-state index contributed by atoms with van der Waals surface area (Å²) in [4.78, 5) is 14.0. The minimum atomic E-state index is -0.627. The zero-order chi connectivity index (χ0) is 17.1. The van der Waals surface area contributed by atoms with Crippen LogP contribution in [0.25, 0.3) is 0 Å². The summed E-state index contributed by atoms with van der Waals surface area (Å²) in [5.74, 6) is -1.97. The minimum Gasteiger partial charge on any atom is -0.325 e. The van der Waals surface area contributed by atoms with Crippen LogP contribution in [-0.4, -0.2) is 23.4 Å². The van der Waals surface area contributed by atoms with Gasteiger partial charge in [-0.2, -0.15) is 0 Å². The molecule has 0 bridgehead atoms. The van der Waals surface area contributed by atoms with Crippen LogP contribution in [0.3, 0.4) is 0 Å². The van der Waals surface area contributed by atoms with Crippen LogP contribution >= 0.6 is 0 Å². The van der Waals surface area contributed by atoms with Crippen LogP contribution in [0.4, 0.5) is 18.9 Å². The summed E-state index contributed by atoms with van der Waals surface area (Å²) in [5, 5.41) is 2.63. The van der Waals surface area contributed by atoms with E-state index in [0.717, 1.165) is 18.9 Å². The number of halogens is 3. The lowest BCUT2D eigenvalue weighted by molar-refractivity contribution is -0.117. The van der Waals surface area contributed by atoms with E-state index in [-0.39, 0.29) is 25.0 Å². The summed E-state index contributed by atoms with van der Waals surface area (Å²) >= 11 is 0. The average molecular weight is 334 g/mol. The number of nitrogens with one attached hydrogen (secondary N) is 1. The molecule has 1 N–H and O–H groups in total. The first kappa shape index (κ1) is 16.5. The van der Waals surface area contributed by atoms with Gasteiger partial charge in [-0.05, 0) is 37.1 Å². The van der Waals surface area contributed by atoms with Crippen molar-refractivity contribution in [3.63, 3.8) is 0 Å². The van der Waals surface area contributed by atoms with Crippen molar-refractivity contribution in [3.05, 3.63) is 65.5 Å². The maximum atomic E-state index is 13.8. The molecule has 0 unspecified atom stereocenters. The van der Waals surface area contributed by atoms with Crippen LogP contribution in [0, 0.1) is 17.5 Å². The summed E-state index contributed by atoms with van der Waals surface area (Å²) in [6.45, 7) is 0.297. The van der Waals surface area contributed by atoms with Crippen LogP contribution in [0.1, 0.15) is 18.4 Å². The molecule has 3 nitrogen and oxygen atoms in total. The number of benzene rings is 2. The lowest BCUT2D eigenvalue weighted by Crippen LogP contribution is -2.34. The highest BCUT2D eigenvalue weighted by atomic mass is 19.1. The van der Waals surface area contributed by atoms with Gasteiger partial charge < -0.3 is 5.32 Å². The molecule has 1 amide bonds. The number of carbonyl (C=O) groups excluding carboxylic acids is 1. The largest absolute Gasteiger partial charge is 0.325 e. The van der Waals surface area contributed by atoms with Gasteiger partial charge in [0.2, 0.25) is 5.91 Å². The molecule has 2 aromatic rings. The van der Waals surface area contributed by atoms with Crippen molar-refractivity contribution in [2.75, 3.05) is 11.9 Å². The Morgan fingerprint density at radius 3 is 2.50 bits per heavy atom. The molecule has 1 saturated carbocycles. The molecule has 0 aromatic heterocycles. The van der Waals surface area contributed by atoms with Crippen LogP contribution in [0.2, 0.25) is 0 Å². The Morgan fingerprint density at radius 2 is 1.83 bits per heavy atom. The van der Waals surface area contributed by atoms with E-state index in [2.05, 4.69) is 5.32 Å². The minimum absolute atomic E-state index is 0.0675. The van der Waals surface area contributed by atoms with E-state index in [9.17, 15) is 18.0 Å². The number of anilines is 1. The molecule has 0 radical (unpaired) electrons. The molecule has 0 saturated heterocycles. The van der Waals surface area contributed by atoms with E-state index in [4.69, 9.17) is 0 Å². The molecule has 0 spiro atoms. The molecule has 0 heterocycles. The van der Waals surface area contributed by atoms with Gasteiger partial charge in [-0.1, -0.05) is 12.1 Å². The van der Waals surface area contributed by atoms with Crippen molar-refractivity contribution in [1.82, 2.24) is 4.90 Å². The molecule has 24 heavy (non-hydrogen) atoms. The van der Waals surface area contributed by atoms with Gasteiger partial charge in [-0.15, -0.1) is 0 Å². The SMILES string of the molecule is O=C(CN(Cc1ccc(F)cc1F)C1CC1)Nc1cccc(F)c1. The monoisotopic (exact) mass is 334 g/mol. The first-order valence-corrected chi connectivity index (χ1v) is 7.74. The summed E-state index contributed by atoms with van der Waals surface area (Å²) in [6.07, 6.45) is 1.88. The predicted molar refractivity (Wildman–Crippen MR) is 84.8 cm³/mol. The standard InChI is InChI=1S/C18H17F3N2O/c19-13-2-1-3-15(8-13)22-18(24)11-23(16-6-7-16)10-12-4-5-14(20)9-17(12)21/h1-5,8-9,16H,6-7,10-11H2,(H,22,24). The molecular weight excluding hydrogens is 317 g/mol. The molecule has 1 aliphatic carbocycles. The van der Waals surface area contributed by atoms with E-state index in [1.54, 1.807) is 6.07 Å². The molecule has 126 valence electrons. The normalized spacial score (nSPS) is 14.0. The maximum Gasteiger partial charge on any atom is 0.238 e. The van der Waals surface area contributed by atoms with Gasteiger partial charge in [0, 0.05) is 29.9 Å². The molecule has 1 aliphatic rings. The number of nitrogens with zero attached hydrogens (tertiary/aromatic N) is 1. The Kier molecular flexibility index (Phi) is 4.85. The highest BCUT2D eigenvalue weighted by molar-refractivity contribution is 5.92. The van der Waals surface area contributed by atoms with Crippen LogP contribution in [0.5, 0.6) is 0 Å². The van der Waals surface area contributed by atoms with E-state index >= 15 is 0 Å². The summed E-state index contributed by atoms with van der Waals surface area (Å²) < 4.78 is 40.0. The molecule has 1 fully saturated rings. The first-order valence-electron chi connectivity index (χ1n) is 7.74. The molecular formula is C18H17F3N2O. The molecule has 2 aromatic carbocycles. The Labute approximate surface area is 138 Å². The topological polar surface area (TPSA) is 32.3 Å². The molecule has 0 aliphatic heterocycles. The maximum absolute atomic E-state index is 13.8. The second kappa shape index (κ2) is 7.05. The highest BCUT2D eigenvalue weighted by Crippen LogP contribution is 2.28. The second-order valence-electron chi connectivity index (χ2n) is 5.93. The van der Waals surface area contributed by atoms with Gasteiger partial charge in [0.05, 0.1) is 6.54 Å². The quantitative estimate of drug-likeness (QED) is 0.873. The Hall–Kier alpha value is -2.34. The van der Waals surface area contributed by atoms with E-state index < -0.39 is 17.5 Å². The van der Waals surface area contributed by atoms with Crippen LogP contribution in [-0.2, 0) is 11.3 Å². The smallest absolute Gasteiger partial charge is 0.238 e. The van der Waals surface area contributed by atoms with Crippen molar-refractivity contribution in [2.24, 2.45) is 0 Å². The summed E-state index contributed by atoms with van der Waals surface area (Å²) in [5.41, 5.74) is 0.727. The van der Waals surface area contributed by atoms with Crippen LogP contribution in [0.15, 0.2) is 42.5 Å². The third kappa shape index (κ3) is 4.35. The first-order chi connectivity index (χ1) is 11.5. The van der Waals surface area contributed by atoms with Crippen molar-refractivity contribution in [2.45, 2.75) is 25.4 Å². The van der Waals surface area contributed by atoms with Gasteiger partial charge in [0.15, 0.2) is 0 Å². The number of carbonyl (C=O) groups is 1. The van der Waals surface area contributed by atoms with Gasteiger partial charge in [0.1, 0.15) is 17.5 Å². The number of rotatable bonds is 6.